The van der Waals surface area contributed by atoms with Gasteiger partial charge in [0.2, 0.25) is 11.7 Å². The number of amides is 2. The minimum atomic E-state index is -0.403. The highest BCUT2D eigenvalue weighted by Crippen LogP contribution is 2.30. The molecule has 8 nitrogen and oxygen atoms in total. The molecular weight excluding hydrogens is 363 g/mol. The highest BCUT2D eigenvalue weighted by molar-refractivity contribution is 5.89. The van der Waals surface area contributed by atoms with Gasteiger partial charge in [-0.05, 0) is 43.8 Å². The monoisotopic (exact) mass is 382 g/mol. The van der Waals surface area contributed by atoms with Gasteiger partial charge in [-0.3, -0.25) is 9.88 Å². The van der Waals surface area contributed by atoms with Crippen LogP contribution in [0.3, 0.4) is 0 Å². The number of carbonyl (C=O) groups excluding carboxylic acids is 1. The lowest BCUT2D eigenvalue weighted by Gasteiger charge is -2.14. The number of pyridine rings is 1. The molecule has 0 spiro atoms. The topological polar surface area (TPSA) is 96.2 Å². The Bertz CT molecular complexity index is 964. The SMILES string of the molecule is CN1CC(NC(=O)Nc2cccc(F)c2)CC1c1nc(-c2cccnc2)no1. The number of nitrogens with one attached hydrogen (secondary N) is 2. The van der Waals surface area contributed by atoms with Gasteiger partial charge in [0, 0.05) is 36.2 Å². The van der Waals surface area contributed by atoms with Gasteiger partial charge in [-0.25, -0.2) is 9.18 Å². The van der Waals surface area contributed by atoms with Crippen molar-refractivity contribution in [2.45, 2.75) is 18.5 Å². The average Bonchev–Trinajstić information content (AvgIpc) is 3.29. The molecule has 0 radical (unpaired) electrons. The van der Waals surface area contributed by atoms with Crippen LogP contribution in [-0.4, -0.2) is 45.7 Å². The number of hydrogen-bond acceptors (Lipinski definition) is 6. The molecule has 2 unspecified atom stereocenters. The molecule has 1 aliphatic rings. The van der Waals surface area contributed by atoms with Crippen LogP contribution in [-0.2, 0) is 0 Å². The fourth-order valence-electron chi connectivity index (χ4n) is 3.29. The largest absolute Gasteiger partial charge is 0.337 e. The van der Waals surface area contributed by atoms with Crippen molar-refractivity contribution < 1.29 is 13.7 Å². The number of rotatable bonds is 4. The maximum Gasteiger partial charge on any atom is 0.319 e. The lowest BCUT2D eigenvalue weighted by atomic mass is 10.1. The summed E-state index contributed by atoms with van der Waals surface area (Å²) in [6, 6.07) is 8.85. The van der Waals surface area contributed by atoms with Gasteiger partial charge in [-0.15, -0.1) is 0 Å². The van der Waals surface area contributed by atoms with Gasteiger partial charge < -0.3 is 15.2 Å². The number of aromatic nitrogens is 3. The Hall–Kier alpha value is -3.33. The van der Waals surface area contributed by atoms with Crippen molar-refractivity contribution in [2.75, 3.05) is 18.9 Å². The van der Waals surface area contributed by atoms with Crippen LogP contribution in [0, 0.1) is 5.82 Å². The number of halogens is 1. The molecule has 2 amide bonds. The molecule has 0 saturated carbocycles. The van der Waals surface area contributed by atoms with Gasteiger partial charge in [-0.2, -0.15) is 4.98 Å². The van der Waals surface area contributed by atoms with Crippen LogP contribution in [0.5, 0.6) is 0 Å². The number of hydrogen-bond donors (Lipinski definition) is 2. The summed E-state index contributed by atoms with van der Waals surface area (Å²) in [7, 11) is 1.94. The van der Waals surface area contributed by atoms with E-state index in [-0.39, 0.29) is 18.1 Å². The van der Waals surface area contributed by atoms with Crippen LogP contribution < -0.4 is 10.6 Å². The number of carbonyl (C=O) groups is 1. The van der Waals surface area contributed by atoms with Gasteiger partial charge in [-0.1, -0.05) is 11.2 Å². The van der Waals surface area contributed by atoms with E-state index in [1.165, 1.54) is 12.1 Å². The molecule has 1 aliphatic heterocycles. The van der Waals surface area contributed by atoms with E-state index in [1.54, 1.807) is 24.5 Å². The minimum Gasteiger partial charge on any atom is -0.337 e. The number of benzene rings is 1. The molecule has 2 atom stereocenters. The van der Waals surface area contributed by atoms with Crippen LogP contribution in [0.2, 0.25) is 0 Å². The molecular formula is C19H19FN6O2. The lowest BCUT2D eigenvalue weighted by molar-refractivity contribution is 0.243. The predicted molar refractivity (Wildman–Crippen MR) is 99.9 cm³/mol. The zero-order valence-corrected chi connectivity index (χ0v) is 15.2. The molecule has 0 bridgehead atoms. The zero-order valence-electron chi connectivity index (χ0n) is 15.2. The Morgan fingerprint density at radius 1 is 1.32 bits per heavy atom. The molecule has 1 saturated heterocycles. The highest BCUT2D eigenvalue weighted by Gasteiger charge is 2.35. The first-order valence-corrected chi connectivity index (χ1v) is 8.86. The lowest BCUT2D eigenvalue weighted by Crippen LogP contribution is -2.39. The molecule has 2 N–H and O–H groups in total. The predicted octanol–water partition coefficient (Wildman–Crippen LogP) is 2.84. The van der Waals surface area contributed by atoms with Gasteiger partial charge in [0.05, 0.1) is 6.04 Å². The second-order valence-corrected chi connectivity index (χ2v) is 6.69. The van der Waals surface area contributed by atoms with Gasteiger partial charge in [0.1, 0.15) is 5.82 Å². The third kappa shape index (κ3) is 3.99. The summed E-state index contributed by atoms with van der Waals surface area (Å²) in [6.07, 6.45) is 3.98. The van der Waals surface area contributed by atoms with E-state index >= 15 is 0 Å². The summed E-state index contributed by atoms with van der Waals surface area (Å²) in [4.78, 5) is 22.8. The van der Waals surface area contributed by atoms with E-state index in [0.717, 1.165) is 5.56 Å². The van der Waals surface area contributed by atoms with E-state index in [2.05, 4.69) is 25.8 Å². The molecule has 0 aliphatic carbocycles. The van der Waals surface area contributed by atoms with Gasteiger partial charge >= 0.3 is 6.03 Å². The third-order valence-electron chi connectivity index (χ3n) is 4.61. The van der Waals surface area contributed by atoms with Crippen molar-refractivity contribution in [3.63, 3.8) is 0 Å². The summed E-state index contributed by atoms with van der Waals surface area (Å²) >= 11 is 0. The maximum absolute atomic E-state index is 13.2. The molecule has 2 aromatic heterocycles. The molecule has 3 aromatic rings. The maximum atomic E-state index is 13.2. The molecule has 9 heteroatoms. The first-order chi connectivity index (χ1) is 13.6. The van der Waals surface area contributed by atoms with E-state index in [1.807, 2.05) is 24.1 Å². The smallest absolute Gasteiger partial charge is 0.319 e. The van der Waals surface area contributed by atoms with Crippen LogP contribution in [0.1, 0.15) is 18.4 Å². The summed E-state index contributed by atoms with van der Waals surface area (Å²) in [5, 5.41) is 9.57. The number of nitrogens with zero attached hydrogens (tertiary/aromatic N) is 4. The fraction of sp³-hybridized carbons (Fsp3) is 0.263. The second-order valence-electron chi connectivity index (χ2n) is 6.69. The Balaban J connectivity index is 1.38. The summed E-state index contributed by atoms with van der Waals surface area (Å²) in [5.41, 5.74) is 1.18. The quantitative estimate of drug-likeness (QED) is 0.720. The first-order valence-electron chi connectivity index (χ1n) is 8.86. The standard InChI is InChI=1S/C19H19FN6O2/c1-26-11-15(23-19(27)22-14-6-2-5-13(20)8-14)9-16(26)18-24-17(25-28-18)12-4-3-7-21-10-12/h2-8,10,15-16H,9,11H2,1H3,(H2,22,23,27). The molecule has 3 heterocycles. The van der Waals surface area contributed by atoms with E-state index < -0.39 is 5.82 Å². The van der Waals surface area contributed by atoms with Gasteiger partial charge in [0.15, 0.2) is 0 Å². The number of urea groups is 1. The van der Waals surface area contributed by atoms with Crippen LogP contribution in [0.4, 0.5) is 14.9 Å². The average molecular weight is 382 g/mol. The number of anilines is 1. The van der Waals surface area contributed by atoms with Crippen molar-refractivity contribution in [3.05, 3.63) is 60.5 Å². The summed E-state index contributed by atoms with van der Waals surface area (Å²) in [5.74, 6) is 0.576. The fourth-order valence-corrected chi connectivity index (χ4v) is 3.29. The van der Waals surface area contributed by atoms with Crippen LogP contribution in [0.25, 0.3) is 11.4 Å². The minimum absolute atomic E-state index is 0.0996. The molecule has 28 heavy (non-hydrogen) atoms. The zero-order chi connectivity index (χ0) is 19.5. The Kier molecular flexibility index (Phi) is 4.98. The normalized spacial score (nSPS) is 19.5. The van der Waals surface area contributed by atoms with Crippen LogP contribution in [0.15, 0.2) is 53.3 Å². The van der Waals surface area contributed by atoms with E-state index in [4.69, 9.17) is 4.52 Å². The van der Waals surface area contributed by atoms with Crippen molar-refractivity contribution in [1.82, 2.24) is 25.3 Å². The Labute approximate surface area is 160 Å². The van der Waals surface area contributed by atoms with E-state index in [9.17, 15) is 9.18 Å². The molecule has 1 aromatic carbocycles. The first kappa shape index (κ1) is 18.1. The highest BCUT2D eigenvalue weighted by atomic mass is 19.1. The van der Waals surface area contributed by atoms with Crippen LogP contribution >= 0.6 is 0 Å². The van der Waals surface area contributed by atoms with Crippen molar-refractivity contribution >= 4 is 11.7 Å². The van der Waals surface area contributed by atoms with E-state index in [0.29, 0.717) is 30.4 Å². The Morgan fingerprint density at radius 3 is 3.00 bits per heavy atom. The van der Waals surface area contributed by atoms with Gasteiger partial charge in [0.25, 0.3) is 0 Å². The van der Waals surface area contributed by atoms with Crippen molar-refractivity contribution in [3.8, 4) is 11.4 Å². The molecule has 4 rings (SSSR count). The molecule has 1 fully saturated rings. The Morgan fingerprint density at radius 2 is 2.21 bits per heavy atom. The second kappa shape index (κ2) is 7.73. The number of likely N-dealkylation sites (tertiary alicyclic amines) is 1. The molecule has 144 valence electrons. The summed E-state index contributed by atoms with van der Waals surface area (Å²) < 4.78 is 18.7. The third-order valence-corrected chi connectivity index (χ3v) is 4.61. The number of likely N-dealkylation sites (N-methyl/N-ethyl adjacent to an activating group) is 1. The van der Waals surface area contributed by atoms with Crippen molar-refractivity contribution in [1.29, 1.82) is 0 Å². The summed E-state index contributed by atoms with van der Waals surface area (Å²) in [6.45, 7) is 0.631. The van der Waals surface area contributed by atoms with Crippen molar-refractivity contribution in [2.24, 2.45) is 0 Å².